The average Bonchev–Trinajstić information content (AvgIpc) is 3.26. The van der Waals surface area contributed by atoms with Crippen LogP contribution in [0.1, 0.15) is 56.1 Å². The predicted octanol–water partition coefficient (Wildman–Crippen LogP) is 4.06. The third kappa shape index (κ3) is 3.93. The molecule has 4 atom stereocenters. The van der Waals surface area contributed by atoms with Crippen molar-refractivity contribution in [1.82, 2.24) is 10.6 Å². The van der Waals surface area contributed by atoms with Gasteiger partial charge in [-0.25, -0.2) is 4.79 Å². The van der Waals surface area contributed by atoms with Crippen LogP contribution in [-0.2, 0) is 14.3 Å². The molecule has 0 aliphatic heterocycles. The van der Waals surface area contributed by atoms with E-state index in [1.807, 2.05) is 31.2 Å². The molecule has 34 heavy (non-hydrogen) atoms. The highest BCUT2D eigenvalue weighted by atomic mass is 16.5. The van der Waals surface area contributed by atoms with Gasteiger partial charge in [0.05, 0.1) is 5.41 Å². The molecule has 0 saturated heterocycles. The topological polar surface area (TPSA) is 105 Å². The lowest BCUT2D eigenvalue weighted by molar-refractivity contribution is -0.143. The summed E-state index contributed by atoms with van der Waals surface area (Å²) < 4.78 is 5.60. The first-order chi connectivity index (χ1) is 16.4. The normalized spacial score (nSPS) is 25.0. The fourth-order valence-corrected chi connectivity index (χ4v) is 5.91. The zero-order valence-electron chi connectivity index (χ0n) is 19.3. The summed E-state index contributed by atoms with van der Waals surface area (Å²) in [7, 11) is 0. The van der Waals surface area contributed by atoms with E-state index in [4.69, 9.17) is 4.74 Å². The Kier molecular flexibility index (Phi) is 5.80. The van der Waals surface area contributed by atoms with Gasteiger partial charge >= 0.3 is 12.1 Å². The Hall–Kier alpha value is -3.35. The Morgan fingerprint density at radius 3 is 2.29 bits per heavy atom. The molecule has 2 amide bonds. The number of hydrogen-bond acceptors (Lipinski definition) is 4. The second-order valence-corrected chi connectivity index (χ2v) is 9.82. The van der Waals surface area contributed by atoms with Crippen LogP contribution in [0.3, 0.4) is 0 Å². The number of amides is 2. The van der Waals surface area contributed by atoms with Crippen LogP contribution in [0.4, 0.5) is 4.79 Å². The SMILES string of the molecule is CCC[C@@H](NC(=O)OCC1c2ccccc2-c2ccccc21)C(=O)NC1CC2CC2(C(=O)O)C1. The number of ether oxygens (including phenoxy) is 1. The molecule has 2 aromatic rings. The van der Waals surface area contributed by atoms with Crippen LogP contribution in [0.5, 0.6) is 0 Å². The zero-order chi connectivity index (χ0) is 23.9. The summed E-state index contributed by atoms with van der Waals surface area (Å²) >= 11 is 0. The van der Waals surface area contributed by atoms with Crippen LogP contribution in [0, 0.1) is 11.3 Å². The highest BCUT2D eigenvalue weighted by Crippen LogP contribution is 2.63. The van der Waals surface area contributed by atoms with E-state index in [9.17, 15) is 19.5 Å². The average molecular weight is 463 g/mol. The Morgan fingerprint density at radius 2 is 1.71 bits per heavy atom. The second-order valence-electron chi connectivity index (χ2n) is 9.82. The van der Waals surface area contributed by atoms with Gasteiger partial charge < -0.3 is 20.5 Å². The molecule has 2 saturated carbocycles. The summed E-state index contributed by atoms with van der Waals surface area (Å²) in [6, 6.07) is 15.4. The second kappa shape index (κ2) is 8.78. The molecule has 3 N–H and O–H groups in total. The first-order valence-electron chi connectivity index (χ1n) is 12.1. The van der Waals surface area contributed by atoms with E-state index in [1.54, 1.807) is 0 Å². The number of nitrogens with one attached hydrogen (secondary N) is 2. The van der Waals surface area contributed by atoms with Gasteiger partial charge in [0.2, 0.25) is 5.91 Å². The smallest absolute Gasteiger partial charge is 0.407 e. The standard InChI is InChI=1S/C27H30N2O5/c1-2-7-23(24(30)28-17-12-16-13-27(16,14-17)25(31)32)29-26(33)34-15-22-20-10-5-3-8-18(20)19-9-4-6-11-21(19)22/h3-6,8-11,16-17,22-23H,2,7,12-15H2,1H3,(H,28,30)(H,29,33)(H,31,32)/t16?,17?,23-,27?/m1/s1. The van der Waals surface area contributed by atoms with E-state index in [0.29, 0.717) is 32.1 Å². The minimum atomic E-state index is -0.767. The molecule has 7 heteroatoms. The Morgan fingerprint density at radius 1 is 1.06 bits per heavy atom. The van der Waals surface area contributed by atoms with Crippen molar-refractivity contribution in [3.8, 4) is 11.1 Å². The van der Waals surface area contributed by atoms with E-state index in [0.717, 1.165) is 22.3 Å². The quantitative estimate of drug-likeness (QED) is 0.549. The van der Waals surface area contributed by atoms with Crippen molar-refractivity contribution in [1.29, 1.82) is 0 Å². The van der Waals surface area contributed by atoms with Gasteiger partial charge in [-0.15, -0.1) is 0 Å². The fraction of sp³-hybridized carbons (Fsp3) is 0.444. The molecule has 0 radical (unpaired) electrons. The Labute approximate surface area is 198 Å². The lowest BCUT2D eigenvalue weighted by Gasteiger charge is -2.22. The molecule has 0 bridgehead atoms. The molecular weight excluding hydrogens is 432 g/mol. The first kappa shape index (κ1) is 22.4. The third-order valence-corrected chi connectivity index (χ3v) is 7.71. The molecule has 3 aliphatic rings. The van der Waals surface area contributed by atoms with Gasteiger partial charge in [-0.1, -0.05) is 61.9 Å². The summed E-state index contributed by atoms with van der Waals surface area (Å²) in [6.45, 7) is 2.13. The molecule has 2 aromatic carbocycles. The lowest BCUT2D eigenvalue weighted by atomic mass is 9.98. The number of fused-ring (bicyclic) bond motifs is 4. The van der Waals surface area contributed by atoms with Gasteiger partial charge in [-0.05, 0) is 53.9 Å². The van der Waals surface area contributed by atoms with Crippen LogP contribution >= 0.6 is 0 Å². The van der Waals surface area contributed by atoms with Gasteiger partial charge in [0.25, 0.3) is 0 Å². The van der Waals surface area contributed by atoms with Crippen molar-refractivity contribution < 1.29 is 24.2 Å². The van der Waals surface area contributed by atoms with E-state index >= 15 is 0 Å². The molecule has 3 aliphatic carbocycles. The number of carbonyl (C=O) groups is 3. The Bertz CT molecular complexity index is 1090. The van der Waals surface area contributed by atoms with Gasteiger partial charge in [-0.3, -0.25) is 9.59 Å². The van der Waals surface area contributed by atoms with Crippen molar-refractivity contribution >= 4 is 18.0 Å². The third-order valence-electron chi connectivity index (χ3n) is 7.71. The molecule has 0 aromatic heterocycles. The summed E-state index contributed by atoms with van der Waals surface area (Å²) in [5, 5.41) is 15.2. The molecule has 0 heterocycles. The Balaban J connectivity index is 1.19. The number of carboxylic acid groups (broad SMARTS) is 1. The molecule has 3 unspecified atom stereocenters. The van der Waals surface area contributed by atoms with Gasteiger partial charge in [0.15, 0.2) is 0 Å². The molecular formula is C27H30N2O5. The van der Waals surface area contributed by atoms with Crippen molar-refractivity contribution in [3.63, 3.8) is 0 Å². The maximum Gasteiger partial charge on any atom is 0.407 e. The predicted molar refractivity (Wildman–Crippen MR) is 126 cm³/mol. The lowest BCUT2D eigenvalue weighted by Crippen LogP contribution is -2.49. The number of carboxylic acids is 1. The fourth-order valence-electron chi connectivity index (χ4n) is 5.91. The summed E-state index contributed by atoms with van der Waals surface area (Å²) in [5.41, 5.74) is 3.92. The van der Waals surface area contributed by atoms with Gasteiger partial charge in [0, 0.05) is 12.0 Å². The molecule has 7 nitrogen and oxygen atoms in total. The van der Waals surface area contributed by atoms with Crippen LogP contribution < -0.4 is 10.6 Å². The number of carbonyl (C=O) groups excluding carboxylic acids is 2. The maximum atomic E-state index is 12.9. The van der Waals surface area contributed by atoms with Crippen molar-refractivity contribution in [2.24, 2.45) is 11.3 Å². The van der Waals surface area contributed by atoms with E-state index in [1.165, 1.54) is 0 Å². The van der Waals surface area contributed by atoms with Crippen LogP contribution in [0.25, 0.3) is 11.1 Å². The number of aliphatic carboxylic acids is 1. The largest absolute Gasteiger partial charge is 0.481 e. The number of benzene rings is 2. The molecule has 2 fully saturated rings. The van der Waals surface area contributed by atoms with Crippen LogP contribution in [0.2, 0.25) is 0 Å². The zero-order valence-corrected chi connectivity index (χ0v) is 19.3. The molecule has 178 valence electrons. The summed E-state index contributed by atoms with van der Waals surface area (Å²) in [6.07, 6.45) is 2.42. The van der Waals surface area contributed by atoms with Gasteiger partial charge in [-0.2, -0.15) is 0 Å². The summed E-state index contributed by atoms with van der Waals surface area (Å²) in [4.78, 5) is 37.1. The first-order valence-corrected chi connectivity index (χ1v) is 12.1. The van der Waals surface area contributed by atoms with E-state index in [2.05, 4.69) is 34.9 Å². The highest BCUT2D eigenvalue weighted by molar-refractivity contribution is 5.86. The number of hydrogen-bond donors (Lipinski definition) is 3. The minimum Gasteiger partial charge on any atom is -0.481 e. The maximum absolute atomic E-state index is 12.9. The van der Waals surface area contributed by atoms with E-state index < -0.39 is 23.5 Å². The van der Waals surface area contributed by atoms with Crippen molar-refractivity contribution in [3.05, 3.63) is 59.7 Å². The van der Waals surface area contributed by atoms with Crippen LogP contribution in [0.15, 0.2) is 48.5 Å². The van der Waals surface area contributed by atoms with Gasteiger partial charge in [0.1, 0.15) is 12.6 Å². The van der Waals surface area contributed by atoms with Crippen molar-refractivity contribution in [2.75, 3.05) is 6.61 Å². The number of alkyl carbamates (subject to hydrolysis) is 1. The monoisotopic (exact) mass is 462 g/mol. The highest BCUT2D eigenvalue weighted by Gasteiger charge is 2.65. The summed E-state index contributed by atoms with van der Waals surface area (Å²) in [5.74, 6) is -0.942. The van der Waals surface area contributed by atoms with Crippen LogP contribution in [-0.4, -0.2) is 41.8 Å². The number of rotatable bonds is 8. The molecule has 5 rings (SSSR count). The van der Waals surface area contributed by atoms with Crippen molar-refractivity contribution in [2.45, 2.75) is 57.0 Å². The van der Waals surface area contributed by atoms with E-state index in [-0.39, 0.29) is 30.4 Å². The molecule has 0 spiro atoms. The minimum absolute atomic E-state index is 0.0472.